The van der Waals surface area contributed by atoms with Crippen LogP contribution in [0.4, 0.5) is 17.3 Å². The molecule has 0 aliphatic carbocycles. The first-order valence-electron chi connectivity index (χ1n) is 5.93. The molecule has 1 aromatic heterocycles. The fraction of sp³-hybridized carbons (Fsp3) is 0.545. The van der Waals surface area contributed by atoms with Gasteiger partial charge in [0.25, 0.3) is 5.69 Å². The van der Waals surface area contributed by atoms with E-state index in [-0.39, 0.29) is 11.7 Å². The molecule has 1 atom stereocenters. The Bertz CT molecular complexity index is 424. The fourth-order valence-electron chi connectivity index (χ4n) is 1.75. The van der Waals surface area contributed by atoms with Crippen LogP contribution in [0.3, 0.4) is 0 Å². The van der Waals surface area contributed by atoms with Crippen molar-refractivity contribution in [3.8, 4) is 0 Å². The third-order valence-electron chi connectivity index (χ3n) is 2.91. The summed E-state index contributed by atoms with van der Waals surface area (Å²) in [4.78, 5) is 16.7. The zero-order valence-corrected chi connectivity index (χ0v) is 10.9. The molecular formula is C11H19N5O2. The van der Waals surface area contributed by atoms with Gasteiger partial charge < -0.3 is 10.3 Å². The maximum Gasteiger partial charge on any atom is 0.276 e. The number of nitrogens with two attached hydrogens (primary N) is 1. The molecule has 1 unspecified atom stereocenters. The molecular weight excluding hydrogens is 234 g/mol. The SMILES string of the molecule is CCC(C)N(CC)c1cc([N+](=O)[O-])cc(NN)n1. The lowest BCUT2D eigenvalue weighted by molar-refractivity contribution is -0.384. The van der Waals surface area contributed by atoms with Crippen LogP contribution in [0.15, 0.2) is 12.1 Å². The average molecular weight is 253 g/mol. The Kier molecular flexibility index (Phi) is 4.85. The van der Waals surface area contributed by atoms with E-state index in [0.29, 0.717) is 11.6 Å². The van der Waals surface area contributed by atoms with E-state index in [1.54, 1.807) is 0 Å². The molecule has 7 heteroatoms. The summed E-state index contributed by atoms with van der Waals surface area (Å²) in [6.07, 6.45) is 0.934. The number of hydrazine groups is 1. The number of pyridine rings is 1. The minimum atomic E-state index is -0.448. The van der Waals surface area contributed by atoms with Crippen LogP contribution in [-0.2, 0) is 0 Å². The highest BCUT2D eigenvalue weighted by Gasteiger charge is 2.17. The fourth-order valence-corrected chi connectivity index (χ4v) is 1.75. The lowest BCUT2D eigenvalue weighted by Crippen LogP contribution is -2.33. The minimum Gasteiger partial charge on any atom is -0.354 e. The molecule has 0 fully saturated rings. The van der Waals surface area contributed by atoms with Crippen molar-refractivity contribution in [2.24, 2.45) is 5.84 Å². The topological polar surface area (TPSA) is 97.3 Å². The molecule has 0 radical (unpaired) electrons. The van der Waals surface area contributed by atoms with Crippen LogP contribution >= 0.6 is 0 Å². The molecule has 3 N–H and O–H groups in total. The van der Waals surface area contributed by atoms with Crippen molar-refractivity contribution in [1.29, 1.82) is 0 Å². The summed E-state index contributed by atoms with van der Waals surface area (Å²) in [7, 11) is 0. The Morgan fingerprint density at radius 3 is 2.67 bits per heavy atom. The number of hydrogen-bond acceptors (Lipinski definition) is 6. The maximum absolute atomic E-state index is 10.9. The molecule has 1 aromatic rings. The molecule has 18 heavy (non-hydrogen) atoms. The molecule has 0 bridgehead atoms. The van der Waals surface area contributed by atoms with Crippen molar-refractivity contribution in [2.45, 2.75) is 33.2 Å². The second-order valence-corrected chi connectivity index (χ2v) is 4.01. The van der Waals surface area contributed by atoms with E-state index in [9.17, 15) is 10.1 Å². The predicted molar refractivity (Wildman–Crippen MR) is 71.5 cm³/mol. The second-order valence-electron chi connectivity index (χ2n) is 4.01. The predicted octanol–water partition coefficient (Wildman–Crippen LogP) is 1.90. The second kappa shape index (κ2) is 6.15. The summed E-state index contributed by atoms with van der Waals surface area (Å²) in [5, 5.41) is 10.9. The van der Waals surface area contributed by atoms with Gasteiger partial charge in [-0.15, -0.1) is 0 Å². The number of nitrogens with zero attached hydrogens (tertiary/aromatic N) is 3. The molecule has 0 spiro atoms. The zero-order chi connectivity index (χ0) is 13.7. The van der Waals surface area contributed by atoms with Crippen molar-refractivity contribution in [2.75, 3.05) is 16.9 Å². The van der Waals surface area contributed by atoms with Gasteiger partial charge in [-0.3, -0.25) is 10.1 Å². The van der Waals surface area contributed by atoms with E-state index in [1.165, 1.54) is 12.1 Å². The molecule has 1 heterocycles. The van der Waals surface area contributed by atoms with Crippen LogP contribution in [0, 0.1) is 10.1 Å². The average Bonchev–Trinajstić information content (AvgIpc) is 2.38. The Balaban J connectivity index is 3.20. The van der Waals surface area contributed by atoms with Crippen LogP contribution in [0.1, 0.15) is 27.2 Å². The van der Waals surface area contributed by atoms with Crippen LogP contribution < -0.4 is 16.2 Å². The Morgan fingerprint density at radius 1 is 1.56 bits per heavy atom. The summed E-state index contributed by atoms with van der Waals surface area (Å²) >= 11 is 0. The van der Waals surface area contributed by atoms with E-state index in [1.807, 2.05) is 11.8 Å². The lowest BCUT2D eigenvalue weighted by Gasteiger charge is -2.28. The quantitative estimate of drug-likeness (QED) is 0.456. The Morgan fingerprint density at radius 2 is 2.22 bits per heavy atom. The zero-order valence-electron chi connectivity index (χ0n) is 10.9. The highest BCUT2D eigenvalue weighted by atomic mass is 16.6. The molecule has 0 saturated heterocycles. The van der Waals surface area contributed by atoms with Crippen molar-refractivity contribution in [1.82, 2.24) is 4.98 Å². The van der Waals surface area contributed by atoms with Crippen LogP contribution in [0.2, 0.25) is 0 Å². The van der Waals surface area contributed by atoms with Gasteiger partial charge in [-0.05, 0) is 20.3 Å². The van der Waals surface area contributed by atoms with E-state index < -0.39 is 4.92 Å². The summed E-state index contributed by atoms with van der Waals surface area (Å²) in [6, 6.07) is 3.04. The van der Waals surface area contributed by atoms with Gasteiger partial charge >= 0.3 is 0 Å². The van der Waals surface area contributed by atoms with E-state index in [4.69, 9.17) is 5.84 Å². The third kappa shape index (κ3) is 3.07. The van der Waals surface area contributed by atoms with Crippen molar-refractivity contribution >= 4 is 17.3 Å². The highest BCUT2D eigenvalue weighted by molar-refractivity contribution is 5.55. The third-order valence-corrected chi connectivity index (χ3v) is 2.91. The monoisotopic (exact) mass is 253 g/mol. The molecule has 0 amide bonds. The van der Waals surface area contributed by atoms with Gasteiger partial charge in [-0.1, -0.05) is 6.92 Å². The van der Waals surface area contributed by atoms with Gasteiger partial charge in [-0.2, -0.15) is 0 Å². The van der Waals surface area contributed by atoms with Crippen molar-refractivity contribution in [3.63, 3.8) is 0 Å². The number of anilines is 2. The number of aromatic nitrogens is 1. The van der Waals surface area contributed by atoms with E-state index in [0.717, 1.165) is 13.0 Å². The molecule has 100 valence electrons. The summed E-state index contributed by atoms with van der Waals surface area (Å²) in [6.45, 7) is 6.84. The van der Waals surface area contributed by atoms with Gasteiger partial charge in [0.2, 0.25) is 0 Å². The van der Waals surface area contributed by atoms with Gasteiger partial charge in [-0.25, -0.2) is 10.8 Å². The smallest absolute Gasteiger partial charge is 0.276 e. The number of hydrogen-bond donors (Lipinski definition) is 2. The standard InChI is InChI=1S/C11H19N5O2/c1-4-8(3)15(5-2)11-7-9(16(17)18)6-10(13-11)14-12/h6-8H,4-5,12H2,1-3H3,(H,13,14). The van der Waals surface area contributed by atoms with E-state index >= 15 is 0 Å². The first kappa shape index (κ1) is 14.2. The summed E-state index contributed by atoms with van der Waals surface area (Å²) < 4.78 is 0. The van der Waals surface area contributed by atoms with Gasteiger partial charge in [0.1, 0.15) is 11.6 Å². The molecule has 7 nitrogen and oxygen atoms in total. The van der Waals surface area contributed by atoms with Crippen LogP contribution in [0.25, 0.3) is 0 Å². The molecule has 0 saturated carbocycles. The van der Waals surface area contributed by atoms with Gasteiger partial charge in [0.15, 0.2) is 0 Å². The first-order chi connectivity index (χ1) is 8.53. The summed E-state index contributed by atoms with van der Waals surface area (Å²) in [5.74, 6) is 6.14. The Hall–Kier alpha value is -1.89. The molecule has 0 aliphatic rings. The van der Waals surface area contributed by atoms with E-state index in [2.05, 4.69) is 24.3 Å². The number of nitro groups is 1. The van der Waals surface area contributed by atoms with Gasteiger partial charge in [0.05, 0.1) is 17.1 Å². The number of nitrogens with one attached hydrogen (secondary N) is 1. The lowest BCUT2D eigenvalue weighted by atomic mass is 10.2. The highest BCUT2D eigenvalue weighted by Crippen LogP contribution is 2.24. The normalized spacial score (nSPS) is 12.0. The molecule has 0 aliphatic heterocycles. The van der Waals surface area contributed by atoms with Crippen molar-refractivity contribution < 1.29 is 4.92 Å². The Labute approximate surface area is 106 Å². The summed E-state index contributed by atoms with van der Waals surface area (Å²) in [5.41, 5.74) is 2.34. The molecule has 1 rings (SSSR count). The largest absolute Gasteiger partial charge is 0.354 e. The van der Waals surface area contributed by atoms with Crippen molar-refractivity contribution in [3.05, 3.63) is 22.2 Å². The first-order valence-corrected chi connectivity index (χ1v) is 5.93. The van der Waals surface area contributed by atoms with Crippen LogP contribution in [-0.4, -0.2) is 22.5 Å². The number of nitrogen functional groups attached to an aromatic ring is 1. The van der Waals surface area contributed by atoms with Gasteiger partial charge in [0, 0.05) is 12.6 Å². The molecule has 0 aromatic carbocycles. The minimum absolute atomic E-state index is 0.0188. The maximum atomic E-state index is 10.9. The number of rotatable bonds is 6. The van der Waals surface area contributed by atoms with Crippen LogP contribution in [0.5, 0.6) is 0 Å².